The fourth-order valence-electron chi connectivity index (χ4n) is 3.64. The fraction of sp³-hybridized carbons (Fsp3) is 0.500. The maximum absolute atomic E-state index is 13.3. The number of imidazole rings is 1. The van der Waals surface area contributed by atoms with Crippen molar-refractivity contribution in [3.8, 4) is 0 Å². The van der Waals surface area contributed by atoms with Gasteiger partial charge in [0.1, 0.15) is 5.69 Å². The van der Waals surface area contributed by atoms with Gasteiger partial charge in [0, 0.05) is 32.7 Å². The van der Waals surface area contributed by atoms with E-state index in [0.29, 0.717) is 31.2 Å². The van der Waals surface area contributed by atoms with Gasteiger partial charge in [0.15, 0.2) is 5.82 Å². The smallest absolute Gasteiger partial charge is 0.287 e. The highest BCUT2D eigenvalue weighted by molar-refractivity contribution is 5.97. The van der Waals surface area contributed by atoms with Crippen molar-refractivity contribution in [3.63, 3.8) is 0 Å². The SMILES string of the molecule is CCN(Cc1ccccc1)C(=O)c1nc(C(=O)NCCN(C)C)n2c1CCCC2. The highest BCUT2D eigenvalue weighted by Crippen LogP contribution is 2.23. The zero-order chi connectivity index (χ0) is 20.8. The van der Waals surface area contributed by atoms with Crippen molar-refractivity contribution in [3.05, 3.63) is 53.1 Å². The van der Waals surface area contributed by atoms with Crippen LogP contribution in [0.4, 0.5) is 0 Å². The van der Waals surface area contributed by atoms with Crippen LogP contribution in [-0.2, 0) is 19.5 Å². The molecule has 0 saturated heterocycles. The molecule has 0 unspecified atom stereocenters. The molecule has 0 fully saturated rings. The number of benzene rings is 1. The molecule has 1 aromatic heterocycles. The molecule has 0 atom stereocenters. The van der Waals surface area contributed by atoms with Gasteiger partial charge >= 0.3 is 0 Å². The van der Waals surface area contributed by atoms with Crippen LogP contribution in [0.3, 0.4) is 0 Å². The lowest BCUT2D eigenvalue weighted by Gasteiger charge is -2.22. The number of nitrogens with one attached hydrogen (secondary N) is 1. The Labute approximate surface area is 172 Å². The van der Waals surface area contributed by atoms with Crippen LogP contribution in [0.15, 0.2) is 30.3 Å². The molecule has 0 radical (unpaired) electrons. The Kier molecular flexibility index (Phi) is 7.04. The van der Waals surface area contributed by atoms with E-state index in [4.69, 9.17) is 0 Å². The molecule has 2 aromatic rings. The number of nitrogens with zero attached hydrogens (tertiary/aromatic N) is 4. The molecule has 7 heteroatoms. The highest BCUT2D eigenvalue weighted by Gasteiger charge is 2.29. The molecule has 29 heavy (non-hydrogen) atoms. The van der Waals surface area contributed by atoms with Gasteiger partial charge in [0.05, 0.1) is 5.69 Å². The summed E-state index contributed by atoms with van der Waals surface area (Å²) in [7, 11) is 3.93. The van der Waals surface area contributed by atoms with Crippen molar-refractivity contribution >= 4 is 11.8 Å². The molecule has 1 aromatic carbocycles. The molecule has 7 nitrogen and oxygen atoms in total. The van der Waals surface area contributed by atoms with Crippen molar-refractivity contribution in [1.29, 1.82) is 0 Å². The molecule has 1 N–H and O–H groups in total. The van der Waals surface area contributed by atoms with Gasteiger partial charge in [0.25, 0.3) is 11.8 Å². The Morgan fingerprint density at radius 3 is 2.62 bits per heavy atom. The number of hydrogen-bond acceptors (Lipinski definition) is 4. The first-order valence-corrected chi connectivity index (χ1v) is 10.4. The van der Waals surface area contributed by atoms with Gasteiger partial charge in [-0.1, -0.05) is 30.3 Å². The summed E-state index contributed by atoms with van der Waals surface area (Å²) in [6.07, 6.45) is 2.79. The van der Waals surface area contributed by atoms with E-state index in [1.165, 1.54) is 0 Å². The van der Waals surface area contributed by atoms with Crippen LogP contribution in [0.25, 0.3) is 0 Å². The Hall–Kier alpha value is -2.67. The van der Waals surface area contributed by atoms with E-state index in [1.54, 1.807) is 4.90 Å². The standard InChI is InChI=1S/C22H31N5O2/c1-4-26(16-17-10-6-5-7-11-17)22(29)19-18-12-8-9-14-27(18)20(24-19)21(28)23-13-15-25(2)3/h5-7,10-11H,4,8-9,12-16H2,1-3H3,(H,23,28). The zero-order valence-corrected chi connectivity index (χ0v) is 17.6. The Bertz CT molecular complexity index is 844. The van der Waals surface area contributed by atoms with Gasteiger partial charge in [-0.3, -0.25) is 9.59 Å². The van der Waals surface area contributed by atoms with Crippen LogP contribution >= 0.6 is 0 Å². The average molecular weight is 398 g/mol. The van der Waals surface area contributed by atoms with E-state index in [1.807, 2.05) is 60.8 Å². The lowest BCUT2D eigenvalue weighted by Crippen LogP contribution is -2.33. The van der Waals surface area contributed by atoms with E-state index in [-0.39, 0.29) is 11.8 Å². The predicted molar refractivity (Wildman–Crippen MR) is 113 cm³/mol. The van der Waals surface area contributed by atoms with Crippen LogP contribution in [0.2, 0.25) is 0 Å². The summed E-state index contributed by atoms with van der Waals surface area (Å²) in [6.45, 7) is 5.13. The largest absolute Gasteiger partial charge is 0.348 e. The molecule has 2 heterocycles. The highest BCUT2D eigenvalue weighted by atomic mass is 16.2. The van der Waals surface area contributed by atoms with Gasteiger partial charge in [-0.2, -0.15) is 0 Å². The quantitative estimate of drug-likeness (QED) is 0.741. The van der Waals surface area contributed by atoms with E-state index in [0.717, 1.165) is 43.6 Å². The number of rotatable bonds is 8. The minimum atomic E-state index is -0.208. The molecule has 0 spiro atoms. The molecule has 1 aliphatic heterocycles. The summed E-state index contributed by atoms with van der Waals surface area (Å²) in [5.41, 5.74) is 2.41. The first-order valence-electron chi connectivity index (χ1n) is 10.4. The van der Waals surface area contributed by atoms with Gasteiger partial charge in [-0.15, -0.1) is 0 Å². The topological polar surface area (TPSA) is 70.5 Å². The molecule has 1 aliphatic rings. The lowest BCUT2D eigenvalue weighted by molar-refractivity contribution is 0.0745. The van der Waals surface area contributed by atoms with Gasteiger partial charge in [-0.05, 0) is 45.8 Å². The number of amides is 2. The van der Waals surface area contributed by atoms with Crippen molar-refractivity contribution < 1.29 is 9.59 Å². The minimum Gasteiger partial charge on any atom is -0.348 e. The summed E-state index contributed by atoms with van der Waals surface area (Å²) < 4.78 is 1.94. The van der Waals surface area contributed by atoms with Crippen LogP contribution in [-0.4, -0.2) is 64.9 Å². The molecular weight excluding hydrogens is 366 g/mol. The Balaban J connectivity index is 1.83. The minimum absolute atomic E-state index is 0.102. The molecular formula is C22H31N5O2. The third kappa shape index (κ3) is 5.03. The molecule has 0 aliphatic carbocycles. The second kappa shape index (κ2) is 9.69. The van der Waals surface area contributed by atoms with E-state index in [9.17, 15) is 9.59 Å². The van der Waals surface area contributed by atoms with E-state index in [2.05, 4.69) is 10.3 Å². The van der Waals surface area contributed by atoms with Crippen molar-refractivity contribution in [2.75, 3.05) is 33.7 Å². The molecule has 156 valence electrons. The van der Waals surface area contributed by atoms with E-state index < -0.39 is 0 Å². The molecule has 0 bridgehead atoms. The van der Waals surface area contributed by atoms with Gasteiger partial charge in [0.2, 0.25) is 0 Å². The predicted octanol–water partition coefficient (Wildman–Crippen LogP) is 2.17. The summed E-state index contributed by atoms with van der Waals surface area (Å²) >= 11 is 0. The molecule has 2 amide bonds. The number of carbonyl (C=O) groups is 2. The third-order valence-corrected chi connectivity index (χ3v) is 5.25. The van der Waals surface area contributed by atoms with E-state index >= 15 is 0 Å². The van der Waals surface area contributed by atoms with Crippen LogP contribution in [0, 0.1) is 0 Å². The number of aromatic nitrogens is 2. The summed E-state index contributed by atoms with van der Waals surface area (Å²) in [6, 6.07) is 9.95. The summed E-state index contributed by atoms with van der Waals surface area (Å²) in [5, 5.41) is 2.93. The Morgan fingerprint density at radius 1 is 1.17 bits per heavy atom. The number of fused-ring (bicyclic) bond motifs is 1. The number of hydrogen-bond donors (Lipinski definition) is 1. The average Bonchev–Trinajstić information content (AvgIpc) is 3.12. The van der Waals surface area contributed by atoms with Gasteiger partial charge in [-0.25, -0.2) is 4.98 Å². The molecule has 0 saturated carbocycles. The van der Waals surface area contributed by atoms with Crippen molar-refractivity contribution in [2.45, 2.75) is 39.3 Å². The lowest BCUT2D eigenvalue weighted by atomic mass is 10.1. The maximum atomic E-state index is 13.3. The van der Waals surface area contributed by atoms with Crippen molar-refractivity contribution in [1.82, 2.24) is 24.7 Å². The first-order chi connectivity index (χ1) is 14.0. The van der Waals surface area contributed by atoms with Crippen LogP contribution < -0.4 is 5.32 Å². The second-order valence-electron chi connectivity index (χ2n) is 7.70. The third-order valence-electron chi connectivity index (χ3n) is 5.25. The first kappa shape index (κ1) is 21.0. The fourth-order valence-corrected chi connectivity index (χ4v) is 3.64. The maximum Gasteiger partial charge on any atom is 0.287 e. The number of carbonyl (C=O) groups excluding carboxylic acids is 2. The van der Waals surface area contributed by atoms with Crippen LogP contribution in [0.5, 0.6) is 0 Å². The van der Waals surface area contributed by atoms with Crippen LogP contribution in [0.1, 0.15) is 52.1 Å². The second-order valence-corrected chi connectivity index (χ2v) is 7.70. The molecule has 3 rings (SSSR count). The normalized spacial score (nSPS) is 13.2. The summed E-state index contributed by atoms with van der Waals surface area (Å²) in [4.78, 5) is 34.4. The number of likely N-dealkylation sites (N-methyl/N-ethyl adjacent to an activating group) is 1. The summed E-state index contributed by atoms with van der Waals surface area (Å²) in [5.74, 6) is 0.0482. The Morgan fingerprint density at radius 2 is 1.93 bits per heavy atom. The van der Waals surface area contributed by atoms with Crippen molar-refractivity contribution in [2.24, 2.45) is 0 Å². The monoisotopic (exact) mass is 397 g/mol. The zero-order valence-electron chi connectivity index (χ0n) is 17.6. The van der Waals surface area contributed by atoms with Gasteiger partial charge < -0.3 is 19.7 Å².